The Balaban J connectivity index is 0.00000200. The van der Waals surface area contributed by atoms with Crippen molar-refractivity contribution in [3.63, 3.8) is 0 Å². The summed E-state index contributed by atoms with van der Waals surface area (Å²) in [5.74, 6) is -0.0228. The van der Waals surface area contributed by atoms with Crippen LogP contribution in [0.25, 0.3) is 0 Å². The van der Waals surface area contributed by atoms with Crippen LogP contribution in [0.5, 0.6) is 0 Å². The van der Waals surface area contributed by atoms with Crippen molar-refractivity contribution in [3.8, 4) is 0 Å². The van der Waals surface area contributed by atoms with Gasteiger partial charge in [-0.25, -0.2) is 0 Å². The molecule has 0 bridgehead atoms. The maximum absolute atomic E-state index is 11.1. The van der Waals surface area contributed by atoms with Crippen LogP contribution in [-0.4, -0.2) is 37.0 Å². The highest BCUT2D eigenvalue weighted by atomic mass is 35.5. The van der Waals surface area contributed by atoms with Crippen molar-refractivity contribution in [3.05, 3.63) is 29.8 Å². The number of hydrogen-bond acceptors (Lipinski definition) is 3. The van der Waals surface area contributed by atoms with Crippen molar-refractivity contribution in [2.45, 2.75) is 32.4 Å². The van der Waals surface area contributed by atoms with Crippen LogP contribution in [0, 0.1) is 0 Å². The summed E-state index contributed by atoms with van der Waals surface area (Å²) in [5.41, 5.74) is 2.13. The Morgan fingerprint density at radius 3 is 2.95 bits per heavy atom. The van der Waals surface area contributed by atoms with Gasteiger partial charge in [-0.05, 0) is 44.1 Å². The van der Waals surface area contributed by atoms with Crippen LogP contribution in [-0.2, 0) is 11.3 Å². The average Bonchev–Trinajstić information content (AvgIpc) is 2.38. The standard InChI is InChI=1S/C15H23N3O.ClH/c1-12(19)17-14-6-3-5-13(9-14)10-18-8-4-7-15(11-18)16-2;/h3,5-6,9,15-16H,4,7-8,10-11H2,1-2H3,(H,17,19);1H. The Kier molecular flexibility index (Phi) is 6.99. The number of nitrogens with one attached hydrogen (secondary N) is 2. The van der Waals surface area contributed by atoms with E-state index in [1.165, 1.54) is 25.3 Å². The average molecular weight is 298 g/mol. The molecule has 4 nitrogen and oxygen atoms in total. The molecule has 0 aromatic heterocycles. The highest BCUT2D eigenvalue weighted by Crippen LogP contribution is 2.16. The van der Waals surface area contributed by atoms with Crippen molar-refractivity contribution in [1.29, 1.82) is 0 Å². The Morgan fingerprint density at radius 2 is 2.25 bits per heavy atom. The Morgan fingerprint density at radius 1 is 1.45 bits per heavy atom. The maximum Gasteiger partial charge on any atom is 0.221 e. The molecule has 2 rings (SSSR count). The number of halogens is 1. The van der Waals surface area contributed by atoms with E-state index in [1.807, 2.05) is 19.2 Å². The minimum absolute atomic E-state index is 0. The summed E-state index contributed by atoms with van der Waals surface area (Å²) in [6.07, 6.45) is 2.51. The number of hydrogen-bond donors (Lipinski definition) is 2. The Hall–Kier alpha value is -1.10. The van der Waals surface area contributed by atoms with Crippen molar-refractivity contribution >= 4 is 24.0 Å². The number of likely N-dealkylation sites (tertiary alicyclic amines) is 1. The largest absolute Gasteiger partial charge is 0.326 e. The maximum atomic E-state index is 11.1. The lowest BCUT2D eigenvalue weighted by molar-refractivity contribution is -0.114. The van der Waals surface area contributed by atoms with E-state index in [4.69, 9.17) is 0 Å². The molecule has 1 atom stereocenters. The van der Waals surface area contributed by atoms with E-state index in [-0.39, 0.29) is 18.3 Å². The van der Waals surface area contributed by atoms with Crippen LogP contribution < -0.4 is 10.6 Å². The fourth-order valence-electron chi connectivity index (χ4n) is 2.64. The third-order valence-corrected chi connectivity index (χ3v) is 3.57. The van der Waals surface area contributed by atoms with Gasteiger partial charge in [0.05, 0.1) is 0 Å². The van der Waals surface area contributed by atoms with E-state index >= 15 is 0 Å². The van der Waals surface area contributed by atoms with Gasteiger partial charge in [0.1, 0.15) is 0 Å². The van der Waals surface area contributed by atoms with Crippen molar-refractivity contribution < 1.29 is 4.79 Å². The lowest BCUT2D eigenvalue weighted by Gasteiger charge is -2.32. The van der Waals surface area contributed by atoms with Crippen molar-refractivity contribution in [1.82, 2.24) is 10.2 Å². The molecule has 1 aromatic rings. The molecular formula is C15H24ClN3O. The highest BCUT2D eigenvalue weighted by molar-refractivity contribution is 5.88. The van der Waals surface area contributed by atoms with Gasteiger partial charge >= 0.3 is 0 Å². The summed E-state index contributed by atoms with van der Waals surface area (Å²) in [7, 11) is 2.03. The topological polar surface area (TPSA) is 44.4 Å². The lowest BCUT2D eigenvalue weighted by atomic mass is 10.0. The molecule has 5 heteroatoms. The summed E-state index contributed by atoms with van der Waals surface area (Å²) >= 11 is 0. The van der Waals surface area contributed by atoms with Crippen LogP contribution in [0.3, 0.4) is 0 Å². The van der Waals surface area contributed by atoms with Gasteiger partial charge in [0.2, 0.25) is 5.91 Å². The summed E-state index contributed by atoms with van der Waals surface area (Å²) in [5, 5.41) is 6.19. The van der Waals surface area contributed by atoms with E-state index < -0.39 is 0 Å². The predicted octanol–water partition coefficient (Wildman–Crippen LogP) is 2.25. The zero-order valence-electron chi connectivity index (χ0n) is 12.2. The second-order valence-electron chi connectivity index (χ2n) is 5.24. The Labute approximate surface area is 127 Å². The fourth-order valence-corrected chi connectivity index (χ4v) is 2.64. The molecule has 1 fully saturated rings. The first-order valence-corrected chi connectivity index (χ1v) is 6.93. The molecule has 112 valence electrons. The summed E-state index contributed by atoms with van der Waals surface area (Å²) in [6.45, 7) is 4.74. The summed E-state index contributed by atoms with van der Waals surface area (Å²) in [4.78, 5) is 13.5. The summed E-state index contributed by atoms with van der Waals surface area (Å²) in [6, 6.07) is 8.71. The van der Waals surface area contributed by atoms with Gasteiger partial charge < -0.3 is 10.6 Å². The Bertz CT molecular complexity index is 439. The van der Waals surface area contributed by atoms with Crippen LogP contribution in [0.15, 0.2) is 24.3 Å². The monoisotopic (exact) mass is 297 g/mol. The number of carbonyl (C=O) groups excluding carboxylic acids is 1. The molecule has 20 heavy (non-hydrogen) atoms. The molecule has 1 heterocycles. The summed E-state index contributed by atoms with van der Waals surface area (Å²) < 4.78 is 0. The molecule has 0 aliphatic carbocycles. The number of anilines is 1. The minimum Gasteiger partial charge on any atom is -0.326 e. The van der Waals surface area contributed by atoms with Gasteiger partial charge in [-0.2, -0.15) is 0 Å². The number of amides is 1. The number of nitrogens with zero attached hydrogens (tertiary/aromatic N) is 1. The predicted molar refractivity (Wildman–Crippen MR) is 85.4 cm³/mol. The van der Waals surface area contributed by atoms with Gasteiger partial charge in [-0.3, -0.25) is 9.69 Å². The number of rotatable bonds is 4. The SMILES string of the molecule is CNC1CCCN(Cc2cccc(NC(C)=O)c2)C1.Cl. The number of likely N-dealkylation sites (N-methyl/N-ethyl adjacent to an activating group) is 1. The quantitative estimate of drug-likeness (QED) is 0.896. The smallest absolute Gasteiger partial charge is 0.221 e. The molecule has 1 amide bonds. The first-order valence-electron chi connectivity index (χ1n) is 6.93. The molecule has 2 N–H and O–H groups in total. The van der Waals surface area contributed by atoms with E-state index in [0.29, 0.717) is 6.04 Å². The number of carbonyl (C=O) groups is 1. The van der Waals surface area contributed by atoms with Gasteiger partial charge in [0.25, 0.3) is 0 Å². The lowest BCUT2D eigenvalue weighted by Crippen LogP contribution is -2.43. The van der Waals surface area contributed by atoms with E-state index in [9.17, 15) is 4.79 Å². The van der Waals surface area contributed by atoms with Crippen LogP contribution in [0.1, 0.15) is 25.3 Å². The molecule has 1 aromatic carbocycles. The third-order valence-electron chi connectivity index (χ3n) is 3.57. The normalized spacial score (nSPS) is 19.2. The van der Waals surface area contributed by atoms with Crippen LogP contribution >= 0.6 is 12.4 Å². The molecule has 0 radical (unpaired) electrons. The van der Waals surface area contributed by atoms with E-state index in [1.54, 1.807) is 0 Å². The molecule has 1 aliphatic rings. The fraction of sp³-hybridized carbons (Fsp3) is 0.533. The number of benzene rings is 1. The molecular weight excluding hydrogens is 274 g/mol. The first kappa shape index (κ1) is 17.0. The zero-order chi connectivity index (χ0) is 13.7. The van der Waals surface area contributed by atoms with Crippen LogP contribution in [0.2, 0.25) is 0 Å². The molecule has 1 unspecified atom stereocenters. The second-order valence-corrected chi connectivity index (χ2v) is 5.24. The van der Waals surface area contributed by atoms with Gasteiger partial charge in [-0.15, -0.1) is 12.4 Å². The highest BCUT2D eigenvalue weighted by Gasteiger charge is 2.18. The minimum atomic E-state index is -0.0228. The van der Waals surface area contributed by atoms with Crippen molar-refractivity contribution in [2.24, 2.45) is 0 Å². The van der Waals surface area contributed by atoms with Gasteiger partial charge in [0.15, 0.2) is 0 Å². The molecule has 1 saturated heterocycles. The van der Waals surface area contributed by atoms with E-state index in [2.05, 4.69) is 27.7 Å². The van der Waals surface area contributed by atoms with E-state index in [0.717, 1.165) is 25.3 Å². The van der Waals surface area contributed by atoms with Gasteiger partial charge in [0, 0.05) is 31.7 Å². The van der Waals surface area contributed by atoms with Crippen LogP contribution in [0.4, 0.5) is 5.69 Å². The molecule has 0 saturated carbocycles. The zero-order valence-corrected chi connectivity index (χ0v) is 13.0. The second kappa shape index (κ2) is 8.25. The van der Waals surface area contributed by atoms with Crippen molar-refractivity contribution in [2.75, 3.05) is 25.5 Å². The number of piperidine rings is 1. The van der Waals surface area contributed by atoms with Gasteiger partial charge in [-0.1, -0.05) is 12.1 Å². The molecule has 0 spiro atoms. The first-order chi connectivity index (χ1) is 9.17. The third kappa shape index (κ3) is 5.12. The molecule has 1 aliphatic heterocycles.